The van der Waals surface area contributed by atoms with Gasteiger partial charge in [0.1, 0.15) is 10.7 Å². The van der Waals surface area contributed by atoms with Gasteiger partial charge in [-0.25, -0.2) is 0 Å². The lowest BCUT2D eigenvalue weighted by molar-refractivity contribution is -0.144. The normalized spacial score (nSPS) is 18.3. The Labute approximate surface area is 163 Å². The van der Waals surface area contributed by atoms with Crippen LogP contribution in [0.3, 0.4) is 0 Å². The van der Waals surface area contributed by atoms with Gasteiger partial charge in [0.15, 0.2) is 0 Å². The maximum Gasteiger partial charge on any atom is 0.451 e. The van der Waals surface area contributed by atoms with E-state index in [0.29, 0.717) is 24.5 Å². The van der Waals surface area contributed by atoms with Crippen LogP contribution in [0.5, 0.6) is 0 Å². The average Bonchev–Trinajstić information content (AvgIpc) is 3.00. The van der Waals surface area contributed by atoms with Gasteiger partial charge in [-0.2, -0.15) is 26.6 Å². The topological polar surface area (TPSA) is 120 Å². The Kier molecular flexibility index (Phi) is 4.56. The molecule has 3 heterocycles. The summed E-state index contributed by atoms with van der Waals surface area (Å²) in [5.41, 5.74) is 0.366. The summed E-state index contributed by atoms with van der Waals surface area (Å²) in [6, 6.07) is 4.05. The standard InChI is InChI=1S/C16H15F3N6O3S/c17-16(18,19)14-21-15(23-22-14)20-13(26)9-5-6-10-11(8-9)29(27,28)24-12-4-2-1-3-7-25(10)12/h5-6,8H,1-4,7H2,(H2,20,21,22,23,26). The quantitative estimate of drug-likeness (QED) is 0.759. The molecule has 0 saturated carbocycles. The van der Waals surface area contributed by atoms with Crippen LogP contribution < -0.4 is 10.2 Å². The van der Waals surface area contributed by atoms with Crippen LogP contribution in [0.25, 0.3) is 0 Å². The van der Waals surface area contributed by atoms with Crippen LogP contribution in [0.1, 0.15) is 41.9 Å². The van der Waals surface area contributed by atoms with Gasteiger partial charge in [-0.15, -0.1) is 9.50 Å². The SMILES string of the molecule is O=C(Nc1n[nH]c(C(F)(F)F)n1)c1ccc2c(c1)S(=O)(=O)N=C1CCCCCN12. The van der Waals surface area contributed by atoms with Gasteiger partial charge < -0.3 is 4.90 Å². The summed E-state index contributed by atoms with van der Waals surface area (Å²) in [7, 11) is -3.99. The van der Waals surface area contributed by atoms with Crippen LogP contribution in [0.4, 0.5) is 24.8 Å². The lowest BCUT2D eigenvalue weighted by Gasteiger charge is -2.29. The number of hydrogen-bond donors (Lipinski definition) is 2. The van der Waals surface area contributed by atoms with Gasteiger partial charge >= 0.3 is 6.18 Å². The third kappa shape index (κ3) is 3.69. The largest absolute Gasteiger partial charge is 0.451 e. The number of aromatic amines is 1. The van der Waals surface area contributed by atoms with Crippen LogP contribution in [-0.2, 0) is 16.2 Å². The summed E-state index contributed by atoms with van der Waals surface area (Å²) in [4.78, 5) is 17.2. The molecule has 2 aliphatic heterocycles. The van der Waals surface area contributed by atoms with E-state index in [1.165, 1.54) is 12.1 Å². The molecule has 9 nitrogen and oxygen atoms in total. The number of benzene rings is 1. The zero-order valence-corrected chi connectivity index (χ0v) is 15.6. The fourth-order valence-electron chi connectivity index (χ4n) is 3.24. The van der Waals surface area contributed by atoms with Crippen molar-refractivity contribution < 1.29 is 26.4 Å². The molecular formula is C16H15F3N6O3S. The molecule has 0 atom stereocenters. The highest BCUT2D eigenvalue weighted by molar-refractivity contribution is 7.90. The number of amidine groups is 1. The van der Waals surface area contributed by atoms with Crippen LogP contribution in [0, 0.1) is 0 Å². The number of anilines is 2. The fourth-order valence-corrected chi connectivity index (χ4v) is 4.52. The summed E-state index contributed by atoms with van der Waals surface area (Å²) in [5, 5.41) is 7.09. The second-order valence-electron chi connectivity index (χ2n) is 6.59. The molecule has 1 aromatic heterocycles. The number of H-pyrrole nitrogens is 1. The number of carbonyl (C=O) groups excluding carboxylic acids is 1. The van der Waals surface area contributed by atoms with Crippen molar-refractivity contribution in [2.45, 2.75) is 36.8 Å². The number of alkyl halides is 3. The Balaban J connectivity index is 1.63. The lowest BCUT2D eigenvalue weighted by Crippen LogP contribution is -2.35. The van der Waals surface area contributed by atoms with E-state index in [1.54, 1.807) is 5.10 Å². The predicted molar refractivity (Wildman–Crippen MR) is 96.2 cm³/mol. The average molecular weight is 428 g/mol. The number of nitrogens with one attached hydrogen (secondary N) is 2. The van der Waals surface area contributed by atoms with E-state index in [2.05, 4.69) is 19.8 Å². The van der Waals surface area contributed by atoms with Gasteiger partial charge in [0.05, 0.1) is 5.69 Å². The van der Waals surface area contributed by atoms with Gasteiger partial charge in [0.25, 0.3) is 15.9 Å². The summed E-state index contributed by atoms with van der Waals surface area (Å²) in [6.45, 7) is 0.615. The van der Waals surface area contributed by atoms with E-state index < -0.39 is 33.9 Å². The molecule has 0 aliphatic carbocycles. The van der Waals surface area contributed by atoms with Crippen molar-refractivity contribution in [1.29, 1.82) is 0 Å². The number of sulfonamides is 1. The van der Waals surface area contributed by atoms with Crippen LogP contribution >= 0.6 is 0 Å². The summed E-state index contributed by atoms with van der Waals surface area (Å²) < 4.78 is 66.8. The number of halogens is 3. The van der Waals surface area contributed by atoms with Crippen molar-refractivity contribution >= 4 is 33.4 Å². The molecule has 13 heteroatoms. The smallest absolute Gasteiger partial charge is 0.328 e. The van der Waals surface area contributed by atoms with E-state index in [0.717, 1.165) is 25.3 Å². The summed E-state index contributed by atoms with van der Waals surface area (Å²) in [6.07, 6.45) is -1.50. The highest BCUT2D eigenvalue weighted by atomic mass is 32.2. The molecule has 154 valence electrons. The Morgan fingerprint density at radius 1 is 1.21 bits per heavy atom. The Bertz CT molecular complexity index is 1110. The Morgan fingerprint density at radius 3 is 2.72 bits per heavy atom. The Hall–Kier alpha value is -2.96. The van der Waals surface area contributed by atoms with E-state index in [-0.39, 0.29) is 10.5 Å². The van der Waals surface area contributed by atoms with E-state index in [1.807, 2.05) is 4.90 Å². The first-order chi connectivity index (χ1) is 13.6. The molecule has 2 N–H and O–H groups in total. The zero-order chi connectivity index (χ0) is 20.8. The van der Waals surface area contributed by atoms with E-state index >= 15 is 0 Å². The molecule has 4 rings (SSSR count). The number of nitrogens with zero attached hydrogens (tertiary/aromatic N) is 4. The maximum absolute atomic E-state index is 12.6. The van der Waals surface area contributed by atoms with Gasteiger partial charge in [-0.1, -0.05) is 6.42 Å². The molecule has 2 aromatic rings. The number of hydrogen-bond acceptors (Lipinski definition) is 6. The number of amides is 1. The second kappa shape index (κ2) is 6.83. The minimum Gasteiger partial charge on any atom is -0.328 e. The summed E-state index contributed by atoms with van der Waals surface area (Å²) >= 11 is 0. The third-order valence-corrected chi connectivity index (χ3v) is 5.92. The van der Waals surface area contributed by atoms with Gasteiger partial charge in [0.2, 0.25) is 11.8 Å². The van der Waals surface area contributed by atoms with Gasteiger partial charge in [-0.05, 0) is 31.0 Å². The molecular weight excluding hydrogens is 413 g/mol. The maximum atomic E-state index is 12.6. The first-order valence-electron chi connectivity index (χ1n) is 8.71. The van der Waals surface area contributed by atoms with Crippen molar-refractivity contribution in [3.05, 3.63) is 29.6 Å². The second-order valence-corrected chi connectivity index (χ2v) is 8.16. The van der Waals surface area contributed by atoms with Crippen LogP contribution in [-0.4, -0.2) is 41.9 Å². The van der Waals surface area contributed by atoms with Crippen molar-refractivity contribution in [1.82, 2.24) is 15.2 Å². The zero-order valence-electron chi connectivity index (χ0n) is 14.8. The number of carbonyl (C=O) groups is 1. The monoisotopic (exact) mass is 428 g/mol. The van der Waals surface area contributed by atoms with Crippen molar-refractivity contribution in [2.75, 3.05) is 16.8 Å². The molecule has 0 radical (unpaired) electrons. The highest BCUT2D eigenvalue weighted by Crippen LogP contribution is 2.35. The molecule has 0 bridgehead atoms. The molecule has 1 saturated heterocycles. The minimum atomic E-state index is -4.74. The van der Waals surface area contributed by atoms with Gasteiger partial charge in [-0.3, -0.25) is 15.2 Å². The van der Waals surface area contributed by atoms with Crippen molar-refractivity contribution in [3.8, 4) is 0 Å². The molecule has 2 aliphatic rings. The number of fused-ring (bicyclic) bond motifs is 3. The molecule has 1 amide bonds. The molecule has 29 heavy (non-hydrogen) atoms. The third-order valence-electron chi connectivity index (χ3n) is 4.59. The van der Waals surface area contributed by atoms with Crippen LogP contribution in [0.15, 0.2) is 27.5 Å². The first-order valence-corrected chi connectivity index (χ1v) is 10.2. The van der Waals surface area contributed by atoms with Crippen molar-refractivity contribution in [2.24, 2.45) is 4.40 Å². The number of aromatic nitrogens is 3. The Morgan fingerprint density at radius 2 is 2.00 bits per heavy atom. The minimum absolute atomic E-state index is 0.0702. The van der Waals surface area contributed by atoms with Crippen molar-refractivity contribution in [3.63, 3.8) is 0 Å². The predicted octanol–water partition coefficient (Wildman–Crippen LogP) is 2.56. The lowest BCUT2D eigenvalue weighted by atomic mass is 10.1. The first kappa shape index (κ1) is 19.4. The van der Waals surface area contributed by atoms with E-state index in [4.69, 9.17) is 0 Å². The molecule has 0 spiro atoms. The molecule has 1 aromatic carbocycles. The fraction of sp³-hybridized carbons (Fsp3) is 0.375. The summed E-state index contributed by atoms with van der Waals surface area (Å²) in [5.74, 6) is -2.30. The highest BCUT2D eigenvalue weighted by Gasteiger charge is 2.36. The number of rotatable bonds is 2. The van der Waals surface area contributed by atoms with Gasteiger partial charge in [0, 0.05) is 18.5 Å². The molecule has 0 unspecified atom stereocenters. The van der Waals surface area contributed by atoms with Crippen LogP contribution in [0.2, 0.25) is 0 Å². The van der Waals surface area contributed by atoms with E-state index in [9.17, 15) is 26.4 Å². The molecule has 1 fully saturated rings.